The molecular weight excluding hydrogens is 479 g/mol. The summed E-state index contributed by atoms with van der Waals surface area (Å²) in [5.41, 5.74) is 1.91. The quantitative estimate of drug-likeness (QED) is 0.371. The summed E-state index contributed by atoms with van der Waals surface area (Å²) in [5, 5.41) is 6.19. The van der Waals surface area contributed by atoms with E-state index in [0.29, 0.717) is 32.0 Å². The third kappa shape index (κ3) is 4.39. The van der Waals surface area contributed by atoms with Crippen molar-refractivity contribution in [2.24, 2.45) is 4.99 Å². The molecule has 0 aromatic heterocycles. The molecule has 27 heavy (non-hydrogen) atoms. The van der Waals surface area contributed by atoms with Gasteiger partial charge in [-0.3, -0.25) is 9.79 Å². The minimum Gasteiger partial charge on any atom is -0.356 e. The van der Waals surface area contributed by atoms with Crippen molar-refractivity contribution >= 4 is 51.4 Å². The molecule has 1 unspecified atom stereocenters. The molecular formula is C18H27IN4O3S. The lowest BCUT2D eigenvalue weighted by atomic mass is 9.97. The maximum Gasteiger partial charge on any atom is 0.232 e. The van der Waals surface area contributed by atoms with Crippen molar-refractivity contribution in [3.8, 4) is 0 Å². The minimum atomic E-state index is -3.09. The van der Waals surface area contributed by atoms with Gasteiger partial charge in [-0.1, -0.05) is 18.2 Å². The van der Waals surface area contributed by atoms with Crippen molar-refractivity contribution in [1.82, 2.24) is 10.2 Å². The summed E-state index contributed by atoms with van der Waals surface area (Å²) in [6.45, 7) is 4.92. The van der Waals surface area contributed by atoms with Crippen LogP contribution in [0.15, 0.2) is 29.3 Å². The average Bonchev–Trinajstić information content (AvgIpc) is 2.90. The van der Waals surface area contributed by atoms with Gasteiger partial charge in [0.2, 0.25) is 5.91 Å². The number of anilines is 1. The fourth-order valence-corrected chi connectivity index (χ4v) is 4.91. The number of nitrogens with one attached hydrogen (secondary N) is 2. The van der Waals surface area contributed by atoms with Crippen LogP contribution in [0, 0.1) is 0 Å². The molecule has 1 aromatic carbocycles. The van der Waals surface area contributed by atoms with Gasteiger partial charge in [-0.05, 0) is 31.9 Å². The molecule has 2 aliphatic rings. The summed E-state index contributed by atoms with van der Waals surface area (Å²) in [7, 11) is -1.40. The molecule has 9 heteroatoms. The molecule has 2 heterocycles. The zero-order valence-corrected chi connectivity index (χ0v) is 19.0. The number of para-hydroxylation sites is 1. The number of aliphatic imine (C=N–C) groups is 1. The van der Waals surface area contributed by atoms with Gasteiger partial charge in [0.05, 0.1) is 16.4 Å². The highest BCUT2D eigenvalue weighted by Crippen LogP contribution is 2.34. The van der Waals surface area contributed by atoms with E-state index in [1.165, 1.54) is 0 Å². The van der Waals surface area contributed by atoms with E-state index in [9.17, 15) is 13.2 Å². The van der Waals surface area contributed by atoms with Crippen LogP contribution in [0.25, 0.3) is 0 Å². The average molecular weight is 506 g/mol. The van der Waals surface area contributed by atoms with Crippen LogP contribution in [0.4, 0.5) is 5.69 Å². The van der Waals surface area contributed by atoms with Crippen LogP contribution >= 0.6 is 24.0 Å². The van der Waals surface area contributed by atoms with Crippen molar-refractivity contribution in [2.45, 2.75) is 30.9 Å². The van der Waals surface area contributed by atoms with Crippen LogP contribution < -0.4 is 10.6 Å². The standard InChI is InChI=1S/C18H26N4O3S.HI/c1-18(2)12-22(10-11-26(18,24)25)17(19-3)20-9-8-14-13-6-4-5-7-15(13)21-16(14)23;/h4-7,14H,8-12H2,1-3H3,(H,19,20)(H,21,23);1H. The smallest absolute Gasteiger partial charge is 0.232 e. The fourth-order valence-electron chi connectivity index (χ4n) is 3.55. The number of sulfone groups is 1. The van der Waals surface area contributed by atoms with Gasteiger partial charge in [0.1, 0.15) is 0 Å². The largest absolute Gasteiger partial charge is 0.356 e. The number of carbonyl (C=O) groups excluding carboxylic acids is 1. The molecule has 0 bridgehead atoms. The van der Waals surface area contributed by atoms with Crippen LogP contribution in [-0.2, 0) is 14.6 Å². The van der Waals surface area contributed by atoms with E-state index in [1.807, 2.05) is 29.2 Å². The Bertz CT molecular complexity index is 839. The Morgan fingerprint density at radius 1 is 1.37 bits per heavy atom. The number of benzene rings is 1. The number of halogens is 1. The number of fused-ring (bicyclic) bond motifs is 1. The summed E-state index contributed by atoms with van der Waals surface area (Å²) < 4.78 is 23.5. The molecule has 1 fully saturated rings. The lowest BCUT2D eigenvalue weighted by molar-refractivity contribution is -0.117. The predicted octanol–water partition coefficient (Wildman–Crippen LogP) is 1.81. The molecule has 1 amide bonds. The Kier molecular flexibility index (Phi) is 6.77. The lowest BCUT2D eigenvalue weighted by Crippen LogP contribution is -2.57. The molecule has 2 aliphatic heterocycles. The Morgan fingerprint density at radius 3 is 2.74 bits per heavy atom. The van der Waals surface area contributed by atoms with Crippen LogP contribution in [-0.4, -0.2) is 62.4 Å². The summed E-state index contributed by atoms with van der Waals surface area (Å²) in [5.74, 6) is 0.655. The predicted molar refractivity (Wildman–Crippen MR) is 119 cm³/mol. The number of guanidine groups is 1. The van der Waals surface area contributed by atoms with Gasteiger partial charge in [0.15, 0.2) is 15.8 Å². The molecule has 0 spiro atoms. The van der Waals surface area contributed by atoms with Gasteiger partial charge in [0, 0.05) is 32.4 Å². The van der Waals surface area contributed by atoms with Crippen molar-refractivity contribution < 1.29 is 13.2 Å². The van der Waals surface area contributed by atoms with Gasteiger partial charge >= 0.3 is 0 Å². The molecule has 1 saturated heterocycles. The van der Waals surface area contributed by atoms with Crippen LogP contribution in [0.2, 0.25) is 0 Å². The van der Waals surface area contributed by atoms with E-state index in [1.54, 1.807) is 20.9 Å². The Labute approximate surface area is 177 Å². The molecule has 2 N–H and O–H groups in total. The van der Waals surface area contributed by atoms with E-state index >= 15 is 0 Å². The summed E-state index contributed by atoms with van der Waals surface area (Å²) in [4.78, 5) is 18.5. The molecule has 1 atom stereocenters. The maximum atomic E-state index is 12.2. The van der Waals surface area contributed by atoms with Gasteiger partial charge in [-0.15, -0.1) is 24.0 Å². The van der Waals surface area contributed by atoms with Gasteiger partial charge in [0.25, 0.3) is 0 Å². The van der Waals surface area contributed by atoms with Crippen LogP contribution in [0.1, 0.15) is 31.7 Å². The zero-order valence-electron chi connectivity index (χ0n) is 15.9. The second-order valence-corrected chi connectivity index (χ2v) is 10.1. The SMILES string of the molecule is CN=C(NCCC1C(=O)Nc2ccccc21)N1CCS(=O)(=O)C(C)(C)C1.I. The van der Waals surface area contributed by atoms with Crippen molar-refractivity contribution in [2.75, 3.05) is 37.8 Å². The number of nitrogens with zero attached hydrogens (tertiary/aromatic N) is 2. The third-order valence-corrected chi connectivity index (χ3v) is 7.71. The van der Waals surface area contributed by atoms with Gasteiger partial charge in [-0.25, -0.2) is 8.42 Å². The normalized spacial score (nSPS) is 23.2. The topological polar surface area (TPSA) is 90.9 Å². The Hall–Kier alpha value is -1.36. The molecule has 1 aromatic rings. The lowest BCUT2D eigenvalue weighted by Gasteiger charge is -2.39. The molecule has 0 aliphatic carbocycles. The number of rotatable bonds is 3. The maximum absolute atomic E-state index is 12.2. The fraction of sp³-hybridized carbons (Fsp3) is 0.556. The second kappa shape index (κ2) is 8.34. The molecule has 0 saturated carbocycles. The van der Waals surface area contributed by atoms with E-state index in [-0.39, 0.29) is 41.6 Å². The number of carbonyl (C=O) groups is 1. The Balaban J connectivity index is 0.00000261. The minimum absolute atomic E-state index is 0. The van der Waals surface area contributed by atoms with Crippen molar-refractivity contribution in [3.63, 3.8) is 0 Å². The first-order chi connectivity index (χ1) is 12.2. The number of hydrogen-bond acceptors (Lipinski definition) is 4. The number of amides is 1. The van der Waals surface area contributed by atoms with E-state index < -0.39 is 14.6 Å². The van der Waals surface area contributed by atoms with E-state index in [2.05, 4.69) is 15.6 Å². The first-order valence-electron chi connectivity index (χ1n) is 8.83. The third-order valence-electron chi connectivity index (χ3n) is 5.18. The second-order valence-electron chi connectivity index (χ2n) is 7.39. The summed E-state index contributed by atoms with van der Waals surface area (Å²) in [6, 6.07) is 7.74. The first-order valence-corrected chi connectivity index (χ1v) is 10.5. The summed E-state index contributed by atoms with van der Waals surface area (Å²) in [6.07, 6.45) is 0.650. The van der Waals surface area contributed by atoms with Crippen molar-refractivity contribution in [1.29, 1.82) is 0 Å². The van der Waals surface area contributed by atoms with Gasteiger partial charge < -0.3 is 15.5 Å². The molecule has 3 rings (SSSR count). The molecule has 0 radical (unpaired) electrons. The zero-order chi connectivity index (χ0) is 18.9. The summed E-state index contributed by atoms with van der Waals surface area (Å²) >= 11 is 0. The Morgan fingerprint density at radius 2 is 2.07 bits per heavy atom. The van der Waals surface area contributed by atoms with E-state index in [0.717, 1.165) is 11.3 Å². The van der Waals surface area contributed by atoms with Crippen molar-refractivity contribution in [3.05, 3.63) is 29.8 Å². The highest BCUT2D eigenvalue weighted by Gasteiger charge is 2.41. The monoisotopic (exact) mass is 506 g/mol. The highest BCUT2D eigenvalue weighted by atomic mass is 127. The molecule has 150 valence electrons. The van der Waals surface area contributed by atoms with E-state index in [4.69, 9.17) is 0 Å². The molecule has 7 nitrogen and oxygen atoms in total. The van der Waals surface area contributed by atoms with Crippen LogP contribution in [0.5, 0.6) is 0 Å². The number of hydrogen-bond donors (Lipinski definition) is 2. The van der Waals surface area contributed by atoms with Crippen LogP contribution in [0.3, 0.4) is 0 Å². The highest BCUT2D eigenvalue weighted by molar-refractivity contribution is 14.0. The van der Waals surface area contributed by atoms with Gasteiger partial charge in [-0.2, -0.15) is 0 Å². The first kappa shape index (κ1) is 21.9.